The van der Waals surface area contributed by atoms with Crippen LogP contribution in [0.5, 0.6) is 0 Å². The van der Waals surface area contributed by atoms with E-state index >= 15 is 0 Å². The molecule has 2 atom stereocenters. The molecule has 0 bridgehead atoms. The Morgan fingerprint density at radius 2 is 1.88 bits per heavy atom. The number of hydrogen-bond donors (Lipinski definition) is 1. The lowest BCUT2D eigenvalue weighted by atomic mass is 9.83. The highest BCUT2D eigenvalue weighted by atomic mass is 16.5. The van der Waals surface area contributed by atoms with Gasteiger partial charge in [0.05, 0.1) is 0 Å². The lowest BCUT2D eigenvalue weighted by Gasteiger charge is -2.28. The molecule has 0 aromatic heterocycles. The van der Waals surface area contributed by atoms with Crippen molar-refractivity contribution in [3.63, 3.8) is 0 Å². The standard InChI is InChI=1S/C14H29NO/c1-4-7-15-11-13(3)12(2)10-14-5-8-16-9-6-14/h12-15H,4-11H2,1-3H3. The highest BCUT2D eigenvalue weighted by Crippen LogP contribution is 2.26. The molecular formula is C14H29NO. The summed E-state index contributed by atoms with van der Waals surface area (Å²) in [4.78, 5) is 0. The van der Waals surface area contributed by atoms with Crippen LogP contribution in [-0.4, -0.2) is 26.3 Å². The van der Waals surface area contributed by atoms with E-state index in [-0.39, 0.29) is 0 Å². The van der Waals surface area contributed by atoms with Crippen LogP contribution in [0, 0.1) is 17.8 Å². The normalized spacial score (nSPS) is 21.9. The molecule has 1 aliphatic rings. The van der Waals surface area contributed by atoms with Crippen molar-refractivity contribution in [1.29, 1.82) is 0 Å². The Balaban J connectivity index is 2.14. The van der Waals surface area contributed by atoms with Crippen LogP contribution in [0.1, 0.15) is 46.5 Å². The summed E-state index contributed by atoms with van der Waals surface area (Å²) < 4.78 is 5.41. The number of ether oxygens (including phenoxy) is 1. The van der Waals surface area contributed by atoms with E-state index in [1.165, 1.54) is 32.2 Å². The topological polar surface area (TPSA) is 21.3 Å². The van der Waals surface area contributed by atoms with Gasteiger partial charge in [-0.3, -0.25) is 0 Å². The van der Waals surface area contributed by atoms with Crippen molar-refractivity contribution < 1.29 is 4.74 Å². The van der Waals surface area contributed by atoms with Crippen LogP contribution in [0.2, 0.25) is 0 Å². The van der Waals surface area contributed by atoms with E-state index in [1.54, 1.807) is 0 Å². The van der Waals surface area contributed by atoms with Crippen molar-refractivity contribution >= 4 is 0 Å². The summed E-state index contributed by atoms with van der Waals surface area (Å²) >= 11 is 0. The Morgan fingerprint density at radius 3 is 2.50 bits per heavy atom. The van der Waals surface area contributed by atoms with Gasteiger partial charge in [-0.1, -0.05) is 20.8 Å². The van der Waals surface area contributed by atoms with Gasteiger partial charge in [-0.2, -0.15) is 0 Å². The van der Waals surface area contributed by atoms with Crippen LogP contribution >= 0.6 is 0 Å². The molecule has 2 unspecified atom stereocenters. The summed E-state index contributed by atoms with van der Waals surface area (Å²) in [5, 5.41) is 3.53. The average Bonchev–Trinajstić information content (AvgIpc) is 2.30. The van der Waals surface area contributed by atoms with Crippen LogP contribution in [0.4, 0.5) is 0 Å². The molecule has 0 aromatic carbocycles. The summed E-state index contributed by atoms with van der Waals surface area (Å²) in [7, 11) is 0. The minimum atomic E-state index is 0.800. The van der Waals surface area contributed by atoms with Gasteiger partial charge in [-0.15, -0.1) is 0 Å². The zero-order valence-electron chi connectivity index (χ0n) is 11.3. The van der Waals surface area contributed by atoms with Gasteiger partial charge in [-0.25, -0.2) is 0 Å². The Bertz CT molecular complexity index is 166. The number of hydrogen-bond acceptors (Lipinski definition) is 2. The number of nitrogens with one attached hydrogen (secondary N) is 1. The zero-order valence-corrected chi connectivity index (χ0v) is 11.3. The minimum Gasteiger partial charge on any atom is -0.381 e. The largest absolute Gasteiger partial charge is 0.381 e. The molecule has 96 valence electrons. The molecule has 1 rings (SSSR count). The van der Waals surface area contributed by atoms with Crippen molar-refractivity contribution in [2.75, 3.05) is 26.3 Å². The van der Waals surface area contributed by atoms with Gasteiger partial charge in [0.1, 0.15) is 0 Å². The van der Waals surface area contributed by atoms with Crippen LogP contribution in [0.3, 0.4) is 0 Å². The molecule has 2 heteroatoms. The monoisotopic (exact) mass is 227 g/mol. The lowest BCUT2D eigenvalue weighted by Crippen LogP contribution is -2.28. The van der Waals surface area contributed by atoms with Gasteiger partial charge in [-0.05, 0) is 56.5 Å². The molecule has 1 aliphatic heterocycles. The second kappa shape index (κ2) is 8.08. The second-order valence-corrected chi connectivity index (χ2v) is 5.45. The van der Waals surface area contributed by atoms with Crippen LogP contribution in [0.15, 0.2) is 0 Å². The molecule has 1 N–H and O–H groups in total. The first-order chi connectivity index (χ1) is 7.74. The first kappa shape index (κ1) is 14.0. The third kappa shape index (κ3) is 5.31. The van der Waals surface area contributed by atoms with Crippen LogP contribution in [-0.2, 0) is 4.74 Å². The SMILES string of the molecule is CCCNCC(C)C(C)CC1CCOCC1. The minimum absolute atomic E-state index is 0.800. The second-order valence-electron chi connectivity index (χ2n) is 5.45. The van der Waals surface area contributed by atoms with E-state index in [0.717, 1.165) is 37.5 Å². The highest BCUT2D eigenvalue weighted by molar-refractivity contribution is 4.71. The molecule has 0 aromatic rings. The van der Waals surface area contributed by atoms with Crippen LogP contribution in [0.25, 0.3) is 0 Å². The maximum absolute atomic E-state index is 5.41. The van der Waals surface area contributed by atoms with E-state index < -0.39 is 0 Å². The summed E-state index contributed by atoms with van der Waals surface area (Å²) in [5.41, 5.74) is 0. The maximum Gasteiger partial charge on any atom is 0.0468 e. The third-order valence-corrected chi connectivity index (χ3v) is 3.91. The van der Waals surface area contributed by atoms with Gasteiger partial charge in [0.25, 0.3) is 0 Å². The van der Waals surface area contributed by atoms with E-state index in [0.29, 0.717) is 0 Å². The first-order valence-corrected chi connectivity index (χ1v) is 7.02. The molecular weight excluding hydrogens is 198 g/mol. The molecule has 0 amide bonds. The molecule has 0 spiro atoms. The average molecular weight is 227 g/mol. The predicted octanol–water partition coefficient (Wildman–Crippen LogP) is 3.07. The van der Waals surface area contributed by atoms with Gasteiger partial charge < -0.3 is 10.1 Å². The number of rotatable bonds is 7. The van der Waals surface area contributed by atoms with Crippen LogP contribution < -0.4 is 5.32 Å². The quantitative estimate of drug-likeness (QED) is 0.675. The lowest BCUT2D eigenvalue weighted by molar-refractivity contribution is 0.0564. The van der Waals surface area contributed by atoms with Crippen molar-refractivity contribution in [2.45, 2.75) is 46.5 Å². The zero-order chi connectivity index (χ0) is 11.8. The van der Waals surface area contributed by atoms with Crippen molar-refractivity contribution in [3.8, 4) is 0 Å². The Kier molecular flexibility index (Phi) is 7.06. The van der Waals surface area contributed by atoms with E-state index in [9.17, 15) is 0 Å². The fourth-order valence-electron chi connectivity index (χ4n) is 2.45. The molecule has 0 saturated carbocycles. The van der Waals surface area contributed by atoms with E-state index in [1.807, 2.05) is 0 Å². The first-order valence-electron chi connectivity index (χ1n) is 7.02. The third-order valence-electron chi connectivity index (χ3n) is 3.91. The van der Waals surface area contributed by atoms with Gasteiger partial charge in [0.15, 0.2) is 0 Å². The summed E-state index contributed by atoms with van der Waals surface area (Å²) in [6, 6.07) is 0. The van der Waals surface area contributed by atoms with Crippen molar-refractivity contribution in [3.05, 3.63) is 0 Å². The summed E-state index contributed by atoms with van der Waals surface area (Å²) in [6.45, 7) is 11.3. The Labute approximate surface area is 101 Å². The smallest absolute Gasteiger partial charge is 0.0468 e. The predicted molar refractivity (Wildman–Crippen MR) is 69.6 cm³/mol. The van der Waals surface area contributed by atoms with Gasteiger partial charge >= 0.3 is 0 Å². The molecule has 0 radical (unpaired) electrons. The Hall–Kier alpha value is -0.0800. The van der Waals surface area contributed by atoms with Crippen molar-refractivity contribution in [1.82, 2.24) is 5.32 Å². The molecule has 0 aliphatic carbocycles. The molecule has 1 heterocycles. The molecule has 2 nitrogen and oxygen atoms in total. The summed E-state index contributed by atoms with van der Waals surface area (Å²) in [6.07, 6.45) is 5.18. The van der Waals surface area contributed by atoms with E-state index in [4.69, 9.17) is 4.74 Å². The fourth-order valence-corrected chi connectivity index (χ4v) is 2.45. The molecule has 16 heavy (non-hydrogen) atoms. The van der Waals surface area contributed by atoms with Gasteiger partial charge in [0, 0.05) is 13.2 Å². The maximum atomic E-state index is 5.41. The van der Waals surface area contributed by atoms with E-state index in [2.05, 4.69) is 26.1 Å². The molecule has 1 fully saturated rings. The summed E-state index contributed by atoms with van der Waals surface area (Å²) in [5.74, 6) is 2.55. The van der Waals surface area contributed by atoms with Crippen molar-refractivity contribution in [2.24, 2.45) is 17.8 Å². The highest BCUT2D eigenvalue weighted by Gasteiger charge is 2.19. The molecule has 1 saturated heterocycles. The van der Waals surface area contributed by atoms with Gasteiger partial charge in [0.2, 0.25) is 0 Å². The fraction of sp³-hybridized carbons (Fsp3) is 1.00. The Morgan fingerprint density at radius 1 is 1.19 bits per heavy atom.